The second kappa shape index (κ2) is 7.94. The van der Waals surface area contributed by atoms with Crippen LogP contribution in [0, 0.1) is 5.92 Å². The van der Waals surface area contributed by atoms with Gasteiger partial charge in [-0.05, 0) is 31.2 Å². The van der Waals surface area contributed by atoms with Gasteiger partial charge in [-0.25, -0.2) is 0 Å². The first-order valence-electron chi connectivity index (χ1n) is 7.90. The lowest BCUT2D eigenvalue weighted by Gasteiger charge is -2.33. The van der Waals surface area contributed by atoms with E-state index in [4.69, 9.17) is 5.73 Å². The Morgan fingerprint density at radius 2 is 1.91 bits per heavy atom. The third kappa shape index (κ3) is 4.84. The van der Waals surface area contributed by atoms with Crippen LogP contribution in [0.2, 0.25) is 0 Å². The summed E-state index contributed by atoms with van der Waals surface area (Å²) in [5, 5.41) is 2.71. The lowest BCUT2D eigenvalue weighted by atomic mass is 9.91. The molecule has 1 fully saturated rings. The highest BCUT2D eigenvalue weighted by Crippen LogP contribution is 2.19. The molecule has 1 heterocycles. The van der Waals surface area contributed by atoms with E-state index in [0.717, 1.165) is 31.5 Å². The van der Waals surface area contributed by atoms with E-state index in [1.807, 2.05) is 42.2 Å². The maximum atomic E-state index is 12.1. The fourth-order valence-electron chi connectivity index (χ4n) is 2.80. The van der Waals surface area contributed by atoms with Crippen LogP contribution in [0.25, 0.3) is 0 Å². The van der Waals surface area contributed by atoms with Gasteiger partial charge in [0.25, 0.3) is 0 Å². The smallest absolute Gasteiger partial charge is 0.241 e. The van der Waals surface area contributed by atoms with Gasteiger partial charge >= 0.3 is 0 Å². The van der Waals surface area contributed by atoms with Gasteiger partial charge in [-0.1, -0.05) is 30.3 Å². The molecule has 5 heteroatoms. The zero-order chi connectivity index (χ0) is 15.9. The number of piperidine rings is 1. The summed E-state index contributed by atoms with van der Waals surface area (Å²) in [5.74, 6) is 0.367. The van der Waals surface area contributed by atoms with Crippen molar-refractivity contribution in [3.8, 4) is 0 Å². The van der Waals surface area contributed by atoms with Crippen molar-refractivity contribution in [3.05, 3.63) is 35.9 Å². The molecule has 120 valence electrons. The van der Waals surface area contributed by atoms with Gasteiger partial charge < -0.3 is 16.0 Å². The largest absolute Gasteiger partial charge is 0.347 e. The summed E-state index contributed by atoms with van der Waals surface area (Å²) in [6.07, 6.45) is 2.20. The summed E-state index contributed by atoms with van der Waals surface area (Å²) in [7, 11) is 0. The molecule has 1 aliphatic heterocycles. The Balaban J connectivity index is 1.71. The Labute approximate surface area is 131 Å². The van der Waals surface area contributed by atoms with Crippen LogP contribution in [0.15, 0.2) is 30.3 Å². The van der Waals surface area contributed by atoms with Gasteiger partial charge in [0.1, 0.15) is 0 Å². The van der Waals surface area contributed by atoms with Crippen molar-refractivity contribution < 1.29 is 9.59 Å². The maximum Gasteiger partial charge on any atom is 0.241 e. The number of nitrogens with zero attached hydrogens (tertiary/aromatic N) is 1. The number of nitrogens with one attached hydrogen (secondary N) is 1. The molecule has 1 aliphatic rings. The van der Waals surface area contributed by atoms with Gasteiger partial charge in [0, 0.05) is 19.1 Å². The molecule has 0 radical (unpaired) electrons. The molecule has 1 saturated heterocycles. The standard InChI is InChI=1S/C17H25N3O2/c1-13(18)15-7-9-20(10-8-15)17(22)12-19-16(21)11-14-5-3-2-4-6-14/h2-6,13,15H,7-12,18H2,1H3,(H,19,21). The van der Waals surface area contributed by atoms with E-state index in [1.54, 1.807) is 0 Å². The van der Waals surface area contributed by atoms with Crippen LogP contribution in [-0.4, -0.2) is 42.4 Å². The Morgan fingerprint density at radius 3 is 2.50 bits per heavy atom. The predicted octanol–water partition coefficient (Wildman–Crippen LogP) is 0.931. The first-order chi connectivity index (χ1) is 10.6. The monoisotopic (exact) mass is 303 g/mol. The molecule has 1 atom stereocenters. The van der Waals surface area contributed by atoms with Crippen LogP contribution in [0.1, 0.15) is 25.3 Å². The summed E-state index contributed by atoms with van der Waals surface area (Å²) in [6, 6.07) is 9.70. The lowest BCUT2D eigenvalue weighted by Crippen LogP contribution is -2.46. The Morgan fingerprint density at radius 1 is 1.27 bits per heavy atom. The van der Waals surface area contributed by atoms with Crippen LogP contribution in [0.5, 0.6) is 0 Å². The van der Waals surface area contributed by atoms with Crippen LogP contribution in [0.3, 0.4) is 0 Å². The highest BCUT2D eigenvalue weighted by Gasteiger charge is 2.24. The molecule has 2 rings (SSSR count). The number of likely N-dealkylation sites (tertiary alicyclic amines) is 1. The number of nitrogens with two attached hydrogens (primary N) is 1. The van der Waals surface area contributed by atoms with Crippen LogP contribution < -0.4 is 11.1 Å². The van der Waals surface area contributed by atoms with Crippen LogP contribution in [-0.2, 0) is 16.0 Å². The second-order valence-electron chi connectivity index (χ2n) is 6.02. The average molecular weight is 303 g/mol. The number of benzene rings is 1. The number of carbonyl (C=O) groups excluding carboxylic acids is 2. The Bertz CT molecular complexity index is 494. The molecule has 1 aromatic carbocycles. The van der Waals surface area contributed by atoms with Crippen molar-refractivity contribution in [2.24, 2.45) is 11.7 Å². The Kier molecular flexibility index (Phi) is 5.95. The normalized spacial score (nSPS) is 17.1. The van der Waals surface area contributed by atoms with E-state index in [0.29, 0.717) is 12.3 Å². The highest BCUT2D eigenvalue weighted by molar-refractivity contribution is 5.85. The molecular weight excluding hydrogens is 278 g/mol. The van der Waals surface area contributed by atoms with Gasteiger partial charge in [0.05, 0.1) is 13.0 Å². The van der Waals surface area contributed by atoms with Crippen molar-refractivity contribution in [1.82, 2.24) is 10.2 Å². The van der Waals surface area contributed by atoms with E-state index in [2.05, 4.69) is 5.32 Å². The molecule has 2 amide bonds. The highest BCUT2D eigenvalue weighted by atomic mass is 16.2. The zero-order valence-electron chi connectivity index (χ0n) is 13.1. The van der Waals surface area contributed by atoms with Crippen LogP contribution in [0.4, 0.5) is 0 Å². The third-order valence-corrected chi connectivity index (χ3v) is 4.28. The zero-order valence-corrected chi connectivity index (χ0v) is 13.1. The molecule has 1 aromatic rings. The van der Waals surface area contributed by atoms with Crippen molar-refractivity contribution in [2.45, 2.75) is 32.2 Å². The molecule has 0 spiro atoms. The van der Waals surface area contributed by atoms with E-state index in [1.165, 1.54) is 0 Å². The molecule has 0 aromatic heterocycles. The molecule has 3 N–H and O–H groups in total. The van der Waals surface area contributed by atoms with Crippen molar-refractivity contribution >= 4 is 11.8 Å². The topological polar surface area (TPSA) is 75.4 Å². The molecular formula is C17H25N3O2. The van der Waals surface area contributed by atoms with E-state index < -0.39 is 0 Å². The minimum atomic E-state index is -0.120. The summed E-state index contributed by atoms with van der Waals surface area (Å²) >= 11 is 0. The maximum absolute atomic E-state index is 12.1. The number of amides is 2. The summed E-state index contributed by atoms with van der Waals surface area (Å²) in [5.41, 5.74) is 6.85. The number of hydrogen-bond acceptors (Lipinski definition) is 3. The minimum Gasteiger partial charge on any atom is -0.347 e. The minimum absolute atomic E-state index is 0.00969. The fourth-order valence-corrected chi connectivity index (χ4v) is 2.80. The first-order valence-corrected chi connectivity index (χ1v) is 7.90. The first kappa shape index (κ1) is 16.5. The SMILES string of the molecule is CC(N)C1CCN(C(=O)CNC(=O)Cc2ccccc2)CC1. The van der Waals surface area contributed by atoms with Gasteiger partial charge in [0.2, 0.25) is 11.8 Å². The third-order valence-electron chi connectivity index (χ3n) is 4.28. The molecule has 0 bridgehead atoms. The fraction of sp³-hybridized carbons (Fsp3) is 0.529. The summed E-state index contributed by atoms with van der Waals surface area (Å²) in [4.78, 5) is 25.8. The van der Waals surface area contributed by atoms with Gasteiger partial charge in [-0.3, -0.25) is 9.59 Å². The summed E-state index contributed by atoms with van der Waals surface area (Å²) < 4.78 is 0. The molecule has 22 heavy (non-hydrogen) atoms. The van der Waals surface area contributed by atoms with Gasteiger partial charge in [-0.15, -0.1) is 0 Å². The van der Waals surface area contributed by atoms with Crippen molar-refractivity contribution in [3.63, 3.8) is 0 Å². The molecule has 1 unspecified atom stereocenters. The van der Waals surface area contributed by atoms with Crippen LogP contribution >= 0.6 is 0 Å². The van der Waals surface area contributed by atoms with Gasteiger partial charge in [-0.2, -0.15) is 0 Å². The lowest BCUT2D eigenvalue weighted by molar-refractivity contribution is -0.134. The van der Waals surface area contributed by atoms with E-state index in [9.17, 15) is 9.59 Å². The predicted molar refractivity (Wildman–Crippen MR) is 86.1 cm³/mol. The number of rotatable bonds is 5. The average Bonchev–Trinajstić information content (AvgIpc) is 2.53. The van der Waals surface area contributed by atoms with Gasteiger partial charge in [0.15, 0.2) is 0 Å². The molecule has 0 aliphatic carbocycles. The Hall–Kier alpha value is -1.88. The van der Waals surface area contributed by atoms with E-state index >= 15 is 0 Å². The van der Waals surface area contributed by atoms with Crippen molar-refractivity contribution in [1.29, 1.82) is 0 Å². The van der Waals surface area contributed by atoms with E-state index in [-0.39, 0.29) is 24.4 Å². The quantitative estimate of drug-likeness (QED) is 0.850. The number of hydrogen-bond donors (Lipinski definition) is 2. The second-order valence-corrected chi connectivity index (χ2v) is 6.02. The van der Waals surface area contributed by atoms with Crippen molar-refractivity contribution in [2.75, 3.05) is 19.6 Å². The summed E-state index contributed by atoms with van der Waals surface area (Å²) in [6.45, 7) is 3.57. The number of carbonyl (C=O) groups is 2. The molecule has 0 saturated carbocycles. The molecule has 5 nitrogen and oxygen atoms in total.